The number of hydrogen-bond donors (Lipinski definition) is 2. The van der Waals surface area contributed by atoms with Crippen LogP contribution < -0.4 is 11.0 Å². The first kappa shape index (κ1) is 11.3. The molecule has 2 heterocycles. The topological polar surface area (TPSA) is 57.8 Å². The van der Waals surface area contributed by atoms with Crippen molar-refractivity contribution in [3.8, 4) is 0 Å². The van der Waals surface area contributed by atoms with Crippen molar-refractivity contribution >= 4 is 10.9 Å². The van der Waals surface area contributed by atoms with Crippen LogP contribution in [-0.2, 0) is 0 Å². The summed E-state index contributed by atoms with van der Waals surface area (Å²) in [4.78, 5) is 18.0. The molecule has 1 aliphatic rings. The number of benzene rings is 1. The summed E-state index contributed by atoms with van der Waals surface area (Å²) in [7, 11) is 0. The van der Waals surface area contributed by atoms with E-state index in [1.54, 1.807) is 6.07 Å². The molecule has 1 unspecified atom stereocenters. The minimum absolute atomic E-state index is 0.168. The average molecular weight is 247 g/mol. The Morgan fingerprint density at radius 1 is 1.39 bits per heavy atom. The van der Waals surface area contributed by atoms with Gasteiger partial charge in [0.05, 0.1) is 0 Å². The molecule has 1 atom stereocenters. The van der Waals surface area contributed by atoms with Crippen molar-refractivity contribution in [2.24, 2.45) is 0 Å². The van der Waals surface area contributed by atoms with Gasteiger partial charge >= 0.3 is 5.69 Å². The number of hydrogen-bond acceptors (Lipinski definition) is 3. The molecule has 0 spiro atoms. The summed E-state index contributed by atoms with van der Waals surface area (Å²) in [6.45, 7) is 1.81. The van der Waals surface area contributed by atoms with Crippen LogP contribution in [-0.4, -0.2) is 23.1 Å². The van der Waals surface area contributed by atoms with E-state index in [1.165, 1.54) is 6.07 Å². The molecule has 1 fully saturated rings. The van der Waals surface area contributed by atoms with E-state index in [2.05, 4.69) is 15.3 Å². The second-order valence-corrected chi connectivity index (χ2v) is 4.63. The predicted octanol–water partition coefficient (Wildman–Crippen LogP) is 1.53. The van der Waals surface area contributed by atoms with Crippen LogP contribution in [0.25, 0.3) is 10.9 Å². The summed E-state index contributed by atoms with van der Waals surface area (Å²) in [6, 6.07) is 4.79. The number of rotatable bonds is 1. The zero-order valence-corrected chi connectivity index (χ0v) is 9.87. The highest BCUT2D eigenvalue weighted by atomic mass is 19.1. The van der Waals surface area contributed by atoms with Crippen molar-refractivity contribution in [2.75, 3.05) is 13.1 Å². The molecule has 1 aliphatic heterocycles. The normalized spacial score (nSPS) is 20.2. The van der Waals surface area contributed by atoms with Gasteiger partial charge in [-0.05, 0) is 25.5 Å². The van der Waals surface area contributed by atoms with Crippen LogP contribution >= 0.6 is 0 Å². The first-order valence-electron chi connectivity index (χ1n) is 6.15. The van der Waals surface area contributed by atoms with E-state index in [0.717, 1.165) is 31.6 Å². The molecule has 2 N–H and O–H groups in total. The average Bonchev–Trinajstić information content (AvgIpc) is 2.40. The number of nitrogens with one attached hydrogen (secondary N) is 2. The van der Waals surface area contributed by atoms with Gasteiger partial charge in [0.1, 0.15) is 11.3 Å². The Morgan fingerprint density at radius 2 is 2.28 bits per heavy atom. The molecule has 18 heavy (non-hydrogen) atoms. The summed E-state index contributed by atoms with van der Waals surface area (Å²) >= 11 is 0. The van der Waals surface area contributed by atoms with E-state index in [1.807, 2.05) is 6.07 Å². The van der Waals surface area contributed by atoms with Crippen LogP contribution in [0.15, 0.2) is 23.0 Å². The van der Waals surface area contributed by atoms with E-state index >= 15 is 0 Å². The number of H-pyrrole nitrogens is 1. The van der Waals surface area contributed by atoms with Gasteiger partial charge in [-0.25, -0.2) is 9.18 Å². The molecular weight excluding hydrogens is 233 g/mol. The first-order valence-corrected chi connectivity index (χ1v) is 6.15. The standard InChI is InChI=1S/C13H14FN3O/c14-10-5-1-4-9-11(8-3-2-6-15-7-8)16-13(18)17-12(9)10/h1,4-5,8,15H,2-3,6-7H2,(H,16,17,18). The molecule has 2 aromatic rings. The number of nitrogens with zero attached hydrogens (tertiary/aromatic N) is 1. The second-order valence-electron chi connectivity index (χ2n) is 4.63. The Labute approximate surface area is 103 Å². The summed E-state index contributed by atoms with van der Waals surface area (Å²) in [5, 5.41) is 4.01. The first-order chi connectivity index (χ1) is 8.75. The number of piperidine rings is 1. The summed E-state index contributed by atoms with van der Waals surface area (Å²) in [6.07, 6.45) is 2.06. The molecule has 1 aromatic heterocycles. The molecular formula is C13H14FN3O. The molecule has 0 aliphatic carbocycles. The molecule has 5 heteroatoms. The number of aromatic amines is 1. The number of aromatic nitrogens is 2. The third-order valence-corrected chi connectivity index (χ3v) is 3.44. The molecule has 94 valence electrons. The van der Waals surface area contributed by atoms with Crippen LogP contribution in [0.3, 0.4) is 0 Å². The van der Waals surface area contributed by atoms with Gasteiger partial charge in [-0.2, -0.15) is 4.98 Å². The van der Waals surface area contributed by atoms with Gasteiger partial charge in [0.15, 0.2) is 0 Å². The lowest BCUT2D eigenvalue weighted by Gasteiger charge is -2.23. The molecule has 0 bridgehead atoms. The Hall–Kier alpha value is -1.75. The third-order valence-electron chi connectivity index (χ3n) is 3.44. The lowest BCUT2D eigenvalue weighted by molar-refractivity contribution is 0.456. The van der Waals surface area contributed by atoms with Gasteiger partial charge in [-0.1, -0.05) is 12.1 Å². The van der Waals surface area contributed by atoms with E-state index in [9.17, 15) is 9.18 Å². The fourth-order valence-electron chi connectivity index (χ4n) is 2.58. The predicted molar refractivity (Wildman–Crippen MR) is 67.2 cm³/mol. The maximum absolute atomic E-state index is 13.7. The van der Waals surface area contributed by atoms with Crippen molar-refractivity contribution < 1.29 is 4.39 Å². The van der Waals surface area contributed by atoms with E-state index in [-0.39, 0.29) is 11.4 Å². The highest BCUT2D eigenvalue weighted by molar-refractivity contribution is 5.81. The maximum Gasteiger partial charge on any atom is 0.345 e. The van der Waals surface area contributed by atoms with E-state index in [4.69, 9.17) is 0 Å². The fourth-order valence-corrected chi connectivity index (χ4v) is 2.58. The Kier molecular flexibility index (Phi) is 2.83. The van der Waals surface area contributed by atoms with Crippen molar-refractivity contribution in [3.05, 3.63) is 40.2 Å². The van der Waals surface area contributed by atoms with Crippen molar-refractivity contribution in [3.63, 3.8) is 0 Å². The molecule has 0 radical (unpaired) electrons. The Bertz CT molecular complexity index is 632. The zero-order chi connectivity index (χ0) is 12.5. The maximum atomic E-state index is 13.7. The van der Waals surface area contributed by atoms with Gasteiger partial charge < -0.3 is 10.3 Å². The quantitative estimate of drug-likeness (QED) is 0.803. The minimum Gasteiger partial charge on any atom is -0.316 e. The van der Waals surface area contributed by atoms with Crippen LogP contribution in [0.1, 0.15) is 24.5 Å². The molecule has 0 amide bonds. The highest BCUT2D eigenvalue weighted by Gasteiger charge is 2.19. The Morgan fingerprint density at radius 3 is 3.06 bits per heavy atom. The smallest absolute Gasteiger partial charge is 0.316 e. The number of halogens is 1. The Balaban J connectivity index is 2.21. The largest absolute Gasteiger partial charge is 0.345 e. The number of fused-ring (bicyclic) bond motifs is 1. The van der Waals surface area contributed by atoms with Crippen molar-refractivity contribution in [1.29, 1.82) is 0 Å². The van der Waals surface area contributed by atoms with Gasteiger partial charge in [0.25, 0.3) is 0 Å². The monoisotopic (exact) mass is 247 g/mol. The van der Waals surface area contributed by atoms with E-state index in [0.29, 0.717) is 5.39 Å². The molecule has 4 nitrogen and oxygen atoms in total. The third kappa shape index (κ3) is 1.90. The van der Waals surface area contributed by atoms with Gasteiger partial charge in [-0.15, -0.1) is 0 Å². The van der Waals surface area contributed by atoms with Gasteiger partial charge in [-0.3, -0.25) is 0 Å². The van der Waals surface area contributed by atoms with Crippen LogP contribution in [0.4, 0.5) is 4.39 Å². The van der Waals surface area contributed by atoms with E-state index < -0.39 is 11.5 Å². The van der Waals surface area contributed by atoms with Gasteiger partial charge in [0.2, 0.25) is 0 Å². The minimum atomic E-state index is -0.479. The summed E-state index contributed by atoms with van der Waals surface area (Å²) < 4.78 is 13.7. The lowest BCUT2D eigenvalue weighted by atomic mass is 9.93. The molecule has 1 aromatic carbocycles. The number of para-hydroxylation sites is 1. The van der Waals surface area contributed by atoms with Crippen LogP contribution in [0.5, 0.6) is 0 Å². The zero-order valence-electron chi connectivity index (χ0n) is 9.87. The SMILES string of the molecule is O=c1nc2c(F)cccc2c(C2CCCNC2)[nH]1. The van der Waals surface area contributed by atoms with Crippen molar-refractivity contribution in [2.45, 2.75) is 18.8 Å². The molecule has 0 saturated carbocycles. The lowest BCUT2D eigenvalue weighted by Crippen LogP contribution is -2.30. The van der Waals surface area contributed by atoms with Crippen LogP contribution in [0, 0.1) is 5.82 Å². The van der Waals surface area contributed by atoms with Crippen LogP contribution in [0.2, 0.25) is 0 Å². The molecule has 3 rings (SSSR count). The summed E-state index contributed by atoms with van der Waals surface area (Å²) in [5.41, 5.74) is 0.492. The second kappa shape index (κ2) is 4.49. The van der Waals surface area contributed by atoms with Crippen molar-refractivity contribution in [1.82, 2.24) is 15.3 Å². The summed E-state index contributed by atoms with van der Waals surface area (Å²) in [5.74, 6) is -0.220. The highest BCUT2D eigenvalue weighted by Crippen LogP contribution is 2.27. The van der Waals surface area contributed by atoms with Gasteiger partial charge in [0, 0.05) is 23.5 Å². The molecule has 1 saturated heterocycles. The fraction of sp³-hybridized carbons (Fsp3) is 0.385.